The fourth-order valence-electron chi connectivity index (χ4n) is 1.02. The number of hydrogen-bond donors (Lipinski definition) is 1. The summed E-state index contributed by atoms with van der Waals surface area (Å²) in [5.41, 5.74) is 0.0763. The van der Waals surface area contributed by atoms with Crippen molar-refractivity contribution in [2.24, 2.45) is 0 Å². The summed E-state index contributed by atoms with van der Waals surface area (Å²) in [4.78, 5) is 14.5. The standard InChI is InChI=1S/C9H13N3O2S/c1-3-6-15-9-7(12(13)14)4-5-8(10-2)11-9/h4-5H,3,6H2,1-2H3,(H,10,11). The van der Waals surface area contributed by atoms with Crippen LogP contribution in [0, 0.1) is 10.1 Å². The van der Waals surface area contributed by atoms with Gasteiger partial charge in [0.2, 0.25) is 0 Å². The quantitative estimate of drug-likeness (QED) is 0.475. The Morgan fingerprint density at radius 3 is 2.87 bits per heavy atom. The summed E-state index contributed by atoms with van der Waals surface area (Å²) in [7, 11) is 1.74. The molecular formula is C9H13N3O2S. The first-order valence-electron chi connectivity index (χ1n) is 4.65. The Labute approximate surface area is 92.4 Å². The Morgan fingerprint density at radius 2 is 2.33 bits per heavy atom. The van der Waals surface area contributed by atoms with E-state index in [-0.39, 0.29) is 5.69 Å². The third kappa shape index (κ3) is 3.09. The topological polar surface area (TPSA) is 68.1 Å². The number of hydrogen-bond acceptors (Lipinski definition) is 5. The molecule has 0 radical (unpaired) electrons. The van der Waals surface area contributed by atoms with Gasteiger partial charge in [0, 0.05) is 13.1 Å². The van der Waals surface area contributed by atoms with Gasteiger partial charge in [-0.15, -0.1) is 0 Å². The van der Waals surface area contributed by atoms with Crippen LogP contribution in [0.1, 0.15) is 13.3 Å². The second-order valence-corrected chi connectivity index (χ2v) is 3.96. The molecule has 1 rings (SSSR count). The van der Waals surface area contributed by atoms with Crippen LogP contribution in [-0.2, 0) is 0 Å². The maximum Gasteiger partial charge on any atom is 0.301 e. The molecule has 0 spiro atoms. The van der Waals surface area contributed by atoms with Crippen LogP contribution in [0.4, 0.5) is 11.5 Å². The maximum atomic E-state index is 10.7. The molecule has 0 fully saturated rings. The van der Waals surface area contributed by atoms with E-state index in [1.807, 2.05) is 6.92 Å². The number of pyridine rings is 1. The highest BCUT2D eigenvalue weighted by Gasteiger charge is 2.15. The van der Waals surface area contributed by atoms with Crippen molar-refractivity contribution in [3.63, 3.8) is 0 Å². The molecule has 1 heterocycles. The fourth-order valence-corrected chi connectivity index (χ4v) is 1.87. The van der Waals surface area contributed by atoms with E-state index in [0.29, 0.717) is 10.8 Å². The third-order valence-corrected chi connectivity index (χ3v) is 2.92. The van der Waals surface area contributed by atoms with Gasteiger partial charge in [-0.2, -0.15) is 0 Å². The van der Waals surface area contributed by atoms with Crippen molar-refractivity contribution in [2.45, 2.75) is 18.4 Å². The zero-order chi connectivity index (χ0) is 11.3. The molecule has 0 bridgehead atoms. The van der Waals surface area contributed by atoms with E-state index in [1.165, 1.54) is 17.8 Å². The minimum Gasteiger partial charge on any atom is -0.373 e. The van der Waals surface area contributed by atoms with Crippen LogP contribution in [0.25, 0.3) is 0 Å². The Hall–Kier alpha value is -1.30. The summed E-state index contributed by atoms with van der Waals surface area (Å²) in [6.07, 6.45) is 0.966. The van der Waals surface area contributed by atoms with Crippen LogP contribution in [0.15, 0.2) is 17.2 Å². The zero-order valence-corrected chi connectivity index (χ0v) is 9.50. The first kappa shape index (κ1) is 11.8. The number of nitrogens with zero attached hydrogens (tertiary/aromatic N) is 2. The van der Waals surface area contributed by atoms with Gasteiger partial charge in [-0.1, -0.05) is 18.7 Å². The second kappa shape index (κ2) is 5.55. The predicted octanol–water partition coefficient (Wildman–Crippen LogP) is 2.53. The molecule has 0 aliphatic rings. The molecule has 0 saturated heterocycles. The lowest BCUT2D eigenvalue weighted by Gasteiger charge is -2.03. The SMILES string of the molecule is CCCSc1nc(NC)ccc1[N+](=O)[O-]. The number of aromatic nitrogens is 1. The number of nitro groups is 1. The van der Waals surface area contributed by atoms with Crippen molar-refractivity contribution in [1.29, 1.82) is 0 Å². The average Bonchev–Trinajstić information content (AvgIpc) is 2.25. The highest BCUT2D eigenvalue weighted by atomic mass is 32.2. The molecule has 0 atom stereocenters. The first-order chi connectivity index (χ1) is 7.19. The normalized spacial score (nSPS) is 10.0. The number of nitrogens with one attached hydrogen (secondary N) is 1. The summed E-state index contributed by atoms with van der Waals surface area (Å²) in [5.74, 6) is 1.49. The smallest absolute Gasteiger partial charge is 0.301 e. The van der Waals surface area contributed by atoms with Crippen LogP contribution >= 0.6 is 11.8 Å². The van der Waals surface area contributed by atoms with Crippen LogP contribution < -0.4 is 5.32 Å². The summed E-state index contributed by atoms with van der Waals surface area (Å²) in [5, 5.41) is 14.1. The van der Waals surface area contributed by atoms with Crippen LogP contribution in [0.3, 0.4) is 0 Å². The number of anilines is 1. The van der Waals surface area contributed by atoms with Gasteiger partial charge < -0.3 is 5.32 Å². The zero-order valence-electron chi connectivity index (χ0n) is 8.69. The molecule has 5 nitrogen and oxygen atoms in total. The van der Waals surface area contributed by atoms with E-state index in [0.717, 1.165) is 12.2 Å². The van der Waals surface area contributed by atoms with Gasteiger partial charge in [-0.3, -0.25) is 10.1 Å². The molecule has 1 aromatic rings. The highest BCUT2D eigenvalue weighted by molar-refractivity contribution is 7.99. The van der Waals surface area contributed by atoms with Gasteiger partial charge in [0.05, 0.1) is 4.92 Å². The molecular weight excluding hydrogens is 214 g/mol. The molecule has 1 N–H and O–H groups in total. The molecule has 0 saturated carbocycles. The highest BCUT2D eigenvalue weighted by Crippen LogP contribution is 2.28. The van der Waals surface area contributed by atoms with Crippen molar-refractivity contribution >= 4 is 23.3 Å². The summed E-state index contributed by atoms with van der Waals surface area (Å²) < 4.78 is 0. The first-order valence-corrected chi connectivity index (χ1v) is 5.63. The van der Waals surface area contributed by atoms with Gasteiger partial charge in [0.15, 0.2) is 5.03 Å². The largest absolute Gasteiger partial charge is 0.373 e. The monoisotopic (exact) mass is 227 g/mol. The third-order valence-electron chi connectivity index (χ3n) is 1.74. The molecule has 0 aromatic carbocycles. The predicted molar refractivity (Wildman–Crippen MR) is 61.5 cm³/mol. The van der Waals surface area contributed by atoms with E-state index >= 15 is 0 Å². The summed E-state index contributed by atoms with van der Waals surface area (Å²) in [6, 6.07) is 3.09. The molecule has 15 heavy (non-hydrogen) atoms. The van der Waals surface area contributed by atoms with Crippen LogP contribution in [0.2, 0.25) is 0 Å². The van der Waals surface area contributed by atoms with Crippen molar-refractivity contribution < 1.29 is 4.92 Å². The van der Waals surface area contributed by atoms with Crippen molar-refractivity contribution in [3.05, 3.63) is 22.2 Å². The Bertz CT molecular complexity index is 357. The molecule has 0 amide bonds. The van der Waals surface area contributed by atoms with Crippen LogP contribution in [0.5, 0.6) is 0 Å². The molecule has 0 aliphatic carbocycles. The van der Waals surface area contributed by atoms with E-state index in [4.69, 9.17) is 0 Å². The van der Waals surface area contributed by atoms with Gasteiger partial charge in [0.1, 0.15) is 5.82 Å². The van der Waals surface area contributed by atoms with Crippen molar-refractivity contribution in [2.75, 3.05) is 18.1 Å². The molecule has 0 unspecified atom stereocenters. The van der Waals surface area contributed by atoms with Gasteiger partial charge in [-0.25, -0.2) is 4.98 Å². The lowest BCUT2D eigenvalue weighted by Crippen LogP contribution is -1.98. The van der Waals surface area contributed by atoms with E-state index < -0.39 is 4.92 Å². The van der Waals surface area contributed by atoms with E-state index in [9.17, 15) is 10.1 Å². The second-order valence-electron chi connectivity index (χ2n) is 2.88. The average molecular weight is 227 g/mol. The van der Waals surface area contributed by atoms with Crippen LogP contribution in [-0.4, -0.2) is 22.7 Å². The van der Waals surface area contributed by atoms with Gasteiger partial charge in [0.25, 0.3) is 0 Å². The minimum absolute atomic E-state index is 0.0763. The summed E-state index contributed by atoms with van der Waals surface area (Å²) in [6.45, 7) is 2.03. The molecule has 82 valence electrons. The maximum absolute atomic E-state index is 10.7. The van der Waals surface area contributed by atoms with E-state index in [2.05, 4.69) is 10.3 Å². The molecule has 1 aromatic heterocycles. The van der Waals surface area contributed by atoms with Gasteiger partial charge >= 0.3 is 5.69 Å². The van der Waals surface area contributed by atoms with E-state index in [1.54, 1.807) is 13.1 Å². The Kier molecular flexibility index (Phi) is 4.36. The lowest BCUT2D eigenvalue weighted by molar-refractivity contribution is -0.388. The Morgan fingerprint density at radius 1 is 1.60 bits per heavy atom. The Balaban J connectivity index is 2.99. The number of thioether (sulfide) groups is 1. The minimum atomic E-state index is -0.398. The van der Waals surface area contributed by atoms with Crippen molar-refractivity contribution in [3.8, 4) is 0 Å². The molecule has 6 heteroatoms. The summed E-state index contributed by atoms with van der Waals surface area (Å²) >= 11 is 1.41. The van der Waals surface area contributed by atoms with Crippen molar-refractivity contribution in [1.82, 2.24) is 4.98 Å². The van der Waals surface area contributed by atoms with Gasteiger partial charge in [-0.05, 0) is 18.2 Å². The molecule has 0 aliphatic heterocycles. The number of rotatable bonds is 5. The lowest BCUT2D eigenvalue weighted by atomic mass is 10.4. The fraction of sp³-hybridized carbons (Fsp3) is 0.444.